The van der Waals surface area contributed by atoms with Gasteiger partial charge in [0.05, 0.1) is 12.1 Å². The molecule has 1 heterocycles. The summed E-state index contributed by atoms with van der Waals surface area (Å²) in [7, 11) is 0. The first-order valence-electron chi connectivity index (χ1n) is 6.85. The molecule has 0 spiro atoms. The molecule has 1 N–H and O–H groups in total. The number of carbonyl (C=O) groups excluding carboxylic acids is 3. The second-order valence-corrected chi connectivity index (χ2v) is 5.81. The lowest BCUT2D eigenvalue weighted by atomic mass is 10.2. The number of hydrogen-bond acceptors (Lipinski definition) is 5. The summed E-state index contributed by atoms with van der Waals surface area (Å²) in [4.78, 5) is 40.9. The van der Waals surface area contributed by atoms with E-state index < -0.39 is 29.6 Å². The van der Waals surface area contributed by atoms with Gasteiger partial charge in [-0.05, 0) is 32.9 Å². The highest BCUT2D eigenvalue weighted by atomic mass is 16.7. The maximum Gasteiger partial charge on any atom is 0.363 e. The fraction of sp³-hybridized carbons (Fsp3) is 0.400. The first kappa shape index (κ1) is 15.8. The second-order valence-electron chi connectivity index (χ2n) is 5.81. The highest BCUT2D eigenvalue weighted by Crippen LogP contribution is 2.16. The highest BCUT2D eigenvalue weighted by Gasteiger charge is 2.41. The number of esters is 1. The molecule has 0 aromatic heterocycles. The van der Waals surface area contributed by atoms with Gasteiger partial charge in [-0.1, -0.05) is 18.2 Å². The molecule has 22 heavy (non-hydrogen) atoms. The number of urea groups is 1. The van der Waals surface area contributed by atoms with Gasteiger partial charge in [-0.2, -0.15) is 0 Å². The molecule has 7 nitrogen and oxygen atoms in total. The minimum absolute atomic E-state index is 0.0236. The molecule has 118 valence electrons. The molecule has 0 aliphatic carbocycles. The lowest BCUT2D eigenvalue weighted by Gasteiger charge is -2.25. The molecule has 1 atom stereocenters. The van der Waals surface area contributed by atoms with Crippen LogP contribution in [0.2, 0.25) is 0 Å². The van der Waals surface area contributed by atoms with E-state index in [-0.39, 0.29) is 12.1 Å². The largest absolute Gasteiger partial charge is 0.458 e. The zero-order valence-electron chi connectivity index (χ0n) is 12.7. The standard InChI is InChI=1S/C15H18N2O5/c1-15(2,3)21-13(19)11-9-16-14(20)17(11)22-12(18)10-7-5-4-6-8-10/h4-8,11H,9H2,1-3H3,(H,16,20)/t11-/m0/s1. The minimum Gasteiger partial charge on any atom is -0.458 e. The molecule has 7 heteroatoms. The van der Waals surface area contributed by atoms with Crippen LogP contribution in [-0.4, -0.2) is 41.2 Å². The Morgan fingerprint density at radius 1 is 1.23 bits per heavy atom. The van der Waals surface area contributed by atoms with E-state index in [2.05, 4.69) is 5.32 Å². The van der Waals surface area contributed by atoms with Gasteiger partial charge in [0.1, 0.15) is 5.60 Å². The molecule has 0 radical (unpaired) electrons. The van der Waals surface area contributed by atoms with Gasteiger partial charge in [0.15, 0.2) is 6.04 Å². The zero-order chi connectivity index (χ0) is 16.3. The van der Waals surface area contributed by atoms with E-state index in [9.17, 15) is 14.4 Å². The van der Waals surface area contributed by atoms with Gasteiger partial charge in [0.25, 0.3) is 0 Å². The van der Waals surface area contributed by atoms with Crippen molar-refractivity contribution in [1.29, 1.82) is 0 Å². The lowest BCUT2D eigenvalue weighted by molar-refractivity contribution is -0.170. The average Bonchev–Trinajstić information content (AvgIpc) is 2.79. The maximum atomic E-state index is 12.1. The van der Waals surface area contributed by atoms with Crippen LogP contribution in [0, 0.1) is 0 Å². The molecule has 1 aromatic rings. The first-order valence-corrected chi connectivity index (χ1v) is 6.85. The van der Waals surface area contributed by atoms with Crippen LogP contribution in [0.15, 0.2) is 30.3 Å². The molecule has 1 fully saturated rings. The molecule has 1 aliphatic rings. The van der Waals surface area contributed by atoms with E-state index in [0.29, 0.717) is 0 Å². The van der Waals surface area contributed by atoms with Crippen molar-refractivity contribution in [2.24, 2.45) is 0 Å². The van der Waals surface area contributed by atoms with Crippen molar-refractivity contribution >= 4 is 18.0 Å². The summed E-state index contributed by atoms with van der Waals surface area (Å²) in [6.45, 7) is 5.18. The summed E-state index contributed by atoms with van der Waals surface area (Å²) in [5.41, 5.74) is -0.414. The highest BCUT2D eigenvalue weighted by molar-refractivity contribution is 5.92. The lowest BCUT2D eigenvalue weighted by Crippen LogP contribution is -2.44. The molecule has 2 rings (SSSR count). The topological polar surface area (TPSA) is 84.9 Å². The van der Waals surface area contributed by atoms with Crippen molar-refractivity contribution in [2.75, 3.05) is 6.54 Å². The SMILES string of the molecule is CC(C)(C)OC(=O)[C@@H]1CNC(=O)N1OC(=O)c1ccccc1. The molecule has 2 amide bonds. The number of hydrogen-bond donors (Lipinski definition) is 1. The second kappa shape index (κ2) is 6.05. The third-order valence-corrected chi connectivity index (χ3v) is 2.80. The van der Waals surface area contributed by atoms with E-state index in [1.807, 2.05) is 0 Å². The van der Waals surface area contributed by atoms with E-state index in [0.717, 1.165) is 5.06 Å². The number of nitrogens with zero attached hydrogens (tertiary/aromatic N) is 1. The van der Waals surface area contributed by atoms with Gasteiger partial charge < -0.3 is 14.9 Å². The maximum absolute atomic E-state index is 12.1. The molecule has 0 bridgehead atoms. The molecule has 1 aliphatic heterocycles. The molecule has 0 unspecified atom stereocenters. The fourth-order valence-corrected chi connectivity index (χ4v) is 1.86. The predicted octanol–water partition coefficient (Wildman–Crippen LogP) is 1.49. The van der Waals surface area contributed by atoms with Crippen LogP contribution in [0.4, 0.5) is 4.79 Å². The number of ether oxygens (including phenoxy) is 1. The Kier molecular flexibility index (Phi) is 4.35. The third-order valence-electron chi connectivity index (χ3n) is 2.80. The van der Waals surface area contributed by atoms with Gasteiger partial charge in [-0.25, -0.2) is 14.4 Å². The van der Waals surface area contributed by atoms with Crippen molar-refractivity contribution < 1.29 is 24.0 Å². The van der Waals surface area contributed by atoms with Crippen molar-refractivity contribution in [3.63, 3.8) is 0 Å². The van der Waals surface area contributed by atoms with Crippen LogP contribution < -0.4 is 5.32 Å². The normalized spacial score (nSPS) is 17.9. The van der Waals surface area contributed by atoms with Crippen LogP contribution in [0.1, 0.15) is 31.1 Å². The van der Waals surface area contributed by atoms with Crippen LogP contribution in [0.3, 0.4) is 0 Å². The minimum atomic E-state index is -1.00. The number of amides is 2. The van der Waals surface area contributed by atoms with E-state index in [1.54, 1.807) is 51.1 Å². The molecule has 0 saturated carbocycles. The molecular formula is C15H18N2O5. The Bertz CT molecular complexity index is 579. The van der Waals surface area contributed by atoms with Crippen molar-refractivity contribution in [3.05, 3.63) is 35.9 Å². The van der Waals surface area contributed by atoms with Gasteiger partial charge in [-0.3, -0.25) is 0 Å². The van der Waals surface area contributed by atoms with E-state index >= 15 is 0 Å². The first-order chi connectivity index (χ1) is 10.3. The van der Waals surface area contributed by atoms with E-state index in [1.165, 1.54) is 0 Å². The quantitative estimate of drug-likeness (QED) is 0.855. The van der Waals surface area contributed by atoms with Gasteiger partial charge >= 0.3 is 18.0 Å². The number of nitrogens with one attached hydrogen (secondary N) is 1. The van der Waals surface area contributed by atoms with Gasteiger partial charge in [0.2, 0.25) is 0 Å². The summed E-state index contributed by atoms with van der Waals surface area (Å²) < 4.78 is 5.22. The van der Waals surface area contributed by atoms with Crippen LogP contribution >= 0.6 is 0 Å². The Labute approximate surface area is 128 Å². The van der Waals surface area contributed by atoms with Crippen molar-refractivity contribution in [2.45, 2.75) is 32.4 Å². The fourth-order valence-electron chi connectivity index (χ4n) is 1.86. The van der Waals surface area contributed by atoms with Crippen LogP contribution in [0.5, 0.6) is 0 Å². The van der Waals surface area contributed by atoms with E-state index in [4.69, 9.17) is 9.57 Å². The van der Waals surface area contributed by atoms with Crippen LogP contribution in [-0.2, 0) is 14.4 Å². The monoisotopic (exact) mass is 306 g/mol. The molecule has 1 saturated heterocycles. The Morgan fingerprint density at radius 2 is 1.86 bits per heavy atom. The van der Waals surface area contributed by atoms with Gasteiger partial charge in [-0.15, -0.1) is 5.06 Å². The Morgan fingerprint density at radius 3 is 2.45 bits per heavy atom. The average molecular weight is 306 g/mol. The summed E-state index contributed by atoms with van der Waals surface area (Å²) in [5.74, 6) is -1.35. The number of rotatable bonds is 3. The van der Waals surface area contributed by atoms with Crippen molar-refractivity contribution in [1.82, 2.24) is 10.4 Å². The Hall–Kier alpha value is -2.57. The number of carbonyl (C=O) groups is 3. The number of hydroxylamine groups is 2. The number of benzene rings is 1. The summed E-state index contributed by atoms with van der Waals surface area (Å²) in [5, 5.41) is 3.18. The third kappa shape index (κ3) is 3.75. The predicted molar refractivity (Wildman–Crippen MR) is 76.7 cm³/mol. The van der Waals surface area contributed by atoms with Crippen molar-refractivity contribution in [3.8, 4) is 0 Å². The molecular weight excluding hydrogens is 288 g/mol. The smallest absolute Gasteiger partial charge is 0.363 e. The molecule has 1 aromatic carbocycles. The summed E-state index contributed by atoms with van der Waals surface area (Å²) >= 11 is 0. The summed E-state index contributed by atoms with van der Waals surface area (Å²) in [6.07, 6.45) is 0. The summed E-state index contributed by atoms with van der Waals surface area (Å²) in [6, 6.07) is 6.55. The Balaban J connectivity index is 2.08. The van der Waals surface area contributed by atoms with Crippen LogP contribution in [0.25, 0.3) is 0 Å². The zero-order valence-corrected chi connectivity index (χ0v) is 12.7. The van der Waals surface area contributed by atoms with Gasteiger partial charge in [0, 0.05) is 0 Å².